The van der Waals surface area contributed by atoms with Gasteiger partial charge in [0.25, 0.3) is 11.8 Å². The standard InChI is InChI=1S/C17H12FNO6/c1-23-12-8-7-11(18)14(24-2)13(12)17(22)25-19-15(20)9-5-3-4-6-10(9)16(19)21/h3-8H,1-2H3. The van der Waals surface area contributed by atoms with Gasteiger partial charge in [0, 0.05) is 0 Å². The molecule has 25 heavy (non-hydrogen) atoms. The lowest BCUT2D eigenvalue weighted by Gasteiger charge is -2.16. The first-order valence-corrected chi connectivity index (χ1v) is 7.10. The molecule has 0 unspecified atom stereocenters. The maximum Gasteiger partial charge on any atom is 0.371 e. The number of amides is 2. The van der Waals surface area contributed by atoms with Crippen molar-refractivity contribution >= 4 is 17.8 Å². The third kappa shape index (κ3) is 2.57. The van der Waals surface area contributed by atoms with Gasteiger partial charge in [-0.1, -0.05) is 17.2 Å². The zero-order chi connectivity index (χ0) is 18.1. The molecule has 1 aliphatic heterocycles. The molecule has 0 bridgehead atoms. The van der Waals surface area contributed by atoms with Crippen LogP contribution in [-0.4, -0.2) is 37.1 Å². The molecule has 128 valence electrons. The van der Waals surface area contributed by atoms with Gasteiger partial charge in [0.15, 0.2) is 11.6 Å². The number of nitrogens with zero attached hydrogens (tertiary/aromatic N) is 1. The Morgan fingerprint density at radius 2 is 1.56 bits per heavy atom. The Bertz CT molecular complexity index is 860. The summed E-state index contributed by atoms with van der Waals surface area (Å²) in [6, 6.07) is 8.29. The van der Waals surface area contributed by atoms with E-state index in [2.05, 4.69) is 0 Å². The number of benzene rings is 2. The zero-order valence-corrected chi connectivity index (χ0v) is 13.2. The summed E-state index contributed by atoms with van der Waals surface area (Å²) in [5.74, 6) is -4.01. The highest BCUT2D eigenvalue weighted by Gasteiger charge is 2.39. The fraction of sp³-hybridized carbons (Fsp3) is 0.118. The third-order valence-electron chi connectivity index (χ3n) is 3.63. The third-order valence-corrected chi connectivity index (χ3v) is 3.63. The normalized spacial score (nSPS) is 12.8. The summed E-state index contributed by atoms with van der Waals surface area (Å²) in [5, 5.41) is 0.330. The van der Waals surface area contributed by atoms with Gasteiger partial charge in [-0.2, -0.15) is 0 Å². The lowest BCUT2D eigenvalue weighted by Crippen LogP contribution is -2.33. The van der Waals surface area contributed by atoms with E-state index in [4.69, 9.17) is 14.3 Å². The van der Waals surface area contributed by atoms with Crippen LogP contribution in [0, 0.1) is 5.82 Å². The highest BCUT2D eigenvalue weighted by atomic mass is 19.1. The van der Waals surface area contributed by atoms with E-state index in [0.717, 1.165) is 13.2 Å². The predicted octanol–water partition coefficient (Wildman–Crippen LogP) is 2.21. The second-order valence-electron chi connectivity index (χ2n) is 4.99. The molecule has 0 aliphatic carbocycles. The van der Waals surface area contributed by atoms with Gasteiger partial charge in [-0.15, -0.1) is 0 Å². The Kier molecular flexibility index (Phi) is 4.10. The van der Waals surface area contributed by atoms with E-state index in [1.165, 1.54) is 25.3 Å². The highest BCUT2D eigenvalue weighted by Crippen LogP contribution is 2.33. The minimum atomic E-state index is -1.16. The molecule has 7 nitrogen and oxygen atoms in total. The van der Waals surface area contributed by atoms with E-state index >= 15 is 0 Å². The van der Waals surface area contributed by atoms with Gasteiger partial charge in [-0.3, -0.25) is 9.59 Å². The van der Waals surface area contributed by atoms with Crippen LogP contribution in [-0.2, 0) is 4.84 Å². The van der Waals surface area contributed by atoms with Gasteiger partial charge >= 0.3 is 5.97 Å². The van der Waals surface area contributed by atoms with Crippen LogP contribution in [0.5, 0.6) is 11.5 Å². The number of carbonyl (C=O) groups excluding carboxylic acids is 3. The molecule has 8 heteroatoms. The Hall–Kier alpha value is -3.42. The molecular formula is C17H12FNO6. The van der Waals surface area contributed by atoms with Crippen molar-refractivity contribution in [3.63, 3.8) is 0 Å². The van der Waals surface area contributed by atoms with Crippen LogP contribution in [0.3, 0.4) is 0 Å². The summed E-state index contributed by atoms with van der Waals surface area (Å²) >= 11 is 0. The number of carbonyl (C=O) groups is 3. The van der Waals surface area contributed by atoms with E-state index in [9.17, 15) is 18.8 Å². The minimum absolute atomic E-state index is 0.0279. The Balaban J connectivity index is 1.96. The number of methoxy groups -OCH3 is 2. The number of hydrogen-bond acceptors (Lipinski definition) is 6. The molecule has 0 saturated heterocycles. The molecule has 0 N–H and O–H groups in total. The minimum Gasteiger partial charge on any atom is -0.496 e. The van der Waals surface area contributed by atoms with Crippen LogP contribution in [0.2, 0.25) is 0 Å². The molecule has 3 rings (SSSR count). The van der Waals surface area contributed by atoms with Gasteiger partial charge in [0.2, 0.25) is 0 Å². The van der Waals surface area contributed by atoms with Crippen LogP contribution < -0.4 is 9.47 Å². The van der Waals surface area contributed by atoms with Crippen LogP contribution in [0.1, 0.15) is 31.1 Å². The summed E-state index contributed by atoms with van der Waals surface area (Å²) in [6.07, 6.45) is 0. The molecule has 0 fully saturated rings. The van der Waals surface area contributed by atoms with Crippen molar-refractivity contribution < 1.29 is 33.1 Å². The molecule has 0 saturated carbocycles. The van der Waals surface area contributed by atoms with Crippen molar-refractivity contribution in [1.29, 1.82) is 0 Å². The van der Waals surface area contributed by atoms with Crippen LogP contribution in [0.4, 0.5) is 4.39 Å². The number of ether oxygens (including phenoxy) is 2. The summed E-state index contributed by atoms with van der Waals surface area (Å²) < 4.78 is 23.8. The van der Waals surface area contributed by atoms with Crippen molar-refractivity contribution in [2.24, 2.45) is 0 Å². The second kappa shape index (κ2) is 6.23. The molecule has 2 aromatic rings. The average Bonchev–Trinajstić information content (AvgIpc) is 2.86. The maximum atomic E-state index is 13.9. The van der Waals surface area contributed by atoms with Gasteiger partial charge in [0.05, 0.1) is 25.3 Å². The van der Waals surface area contributed by atoms with Gasteiger partial charge in [-0.25, -0.2) is 9.18 Å². The number of imide groups is 1. The number of rotatable bonds is 4. The number of halogens is 1. The van der Waals surface area contributed by atoms with E-state index in [1.54, 1.807) is 12.1 Å². The van der Waals surface area contributed by atoms with Crippen molar-refractivity contribution in [3.8, 4) is 11.5 Å². The van der Waals surface area contributed by atoms with Gasteiger partial charge in [-0.05, 0) is 24.3 Å². The van der Waals surface area contributed by atoms with Crippen molar-refractivity contribution in [2.75, 3.05) is 14.2 Å². The molecule has 1 aliphatic rings. The molecule has 0 radical (unpaired) electrons. The molecule has 0 aromatic heterocycles. The molecule has 1 heterocycles. The quantitative estimate of drug-likeness (QED) is 0.790. The van der Waals surface area contributed by atoms with Gasteiger partial charge in [0.1, 0.15) is 11.3 Å². The first kappa shape index (κ1) is 16.4. The highest BCUT2D eigenvalue weighted by molar-refractivity contribution is 6.21. The summed E-state index contributed by atoms with van der Waals surface area (Å²) in [7, 11) is 2.43. The van der Waals surface area contributed by atoms with Crippen molar-refractivity contribution in [2.45, 2.75) is 0 Å². The lowest BCUT2D eigenvalue weighted by atomic mass is 10.1. The zero-order valence-electron chi connectivity index (χ0n) is 13.2. The van der Waals surface area contributed by atoms with Crippen molar-refractivity contribution in [3.05, 3.63) is 58.9 Å². The van der Waals surface area contributed by atoms with E-state index in [0.29, 0.717) is 5.06 Å². The fourth-order valence-corrected chi connectivity index (χ4v) is 2.48. The first-order chi connectivity index (χ1) is 12.0. The summed E-state index contributed by atoms with van der Waals surface area (Å²) in [4.78, 5) is 41.9. The maximum absolute atomic E-state index is 13.9. The molecule has 2 amide bonds. The second-order valence-corrected chi connectivity index (χ2v) is 4.99. The lowest BCUT2D eigenvalue weighted by molar-refractivity contribution is -0.0588. The van der Waals surface area contributed by atoms with E-state index in [1.807, 2.05) is 0 Å². The number of fused-ring (bicyclic) bond motifs is 1. The summed E-state index contributed by atoms with van der Waals surface area (Å²) in [5.41, 5.74) is -0.154. The molecular weight excluding hydrogens is 333 g/mol. The van der Waals surface area contributed by atoms with E-state index < -0.39 is 29.4 Å². The SMILES string of the molecule is COc1ccc(F)c(OC)c1C(=O)ON1C(=O)c2ccccc2C1=O. The van der Waals surface area contributed by atoms with Gasteiger partial charge < -0.3 is 14.3 Å². The Labute approximate surface area is 141 Å². The Morgan fingerprint density at radius 1 is 0.960 bits per heavy atom. The monoisotopic (exact) mass is 345 g/mol. The molecule has 2 aromatic carbocycles. The summed E-state index contributed by atoms with van der Waals surface area (Å²) in [6.45, 7) is 0. The number of hydrogen-bond donors (Lipinski definition) is 0. The number of hydroxylamine groups is 2. The smallest absolute Gasteiger partial charge is 0.371 e. The molecule has 0 atom stereocenters. The molecule has 0 spiro atoms. The average molecular weight is 345 g/mol. The fourth-order valence-electron chi connectivity index (χ4n) is 2.48. The predicted molar refractivity (Wildman–Crippen MR) is 81.9 cm³/mol. The Morgan fingerprint density at radius 3 is 2.08 bits per heavy atom. The van der Waals surface area contributed by atoms with E-state index in [-0.39, 0.29) is 22.4 Å². The van der Waals surface area contributed by atoms with Crippen molar-refractivity contribution in [1.82, 2.24) is 5.06 Å². The first-order valence-electron chi connectivity index (χ1n) is 7.10. The van der Waals surface area contributed by atoms with Crippen LogP contribution >= 0.6 is 0 Å². The van der Waals surface area contributed by atoms with Crippen LogP contribution in [0.15, 0.2) is 36.4 Å². The van der Waals surface area contributed by atoms with Crippen LogP contribution in [0.25, 0.3) is 0 Å². The largest absolute Gasteiger partial charge is 0.496 e. The topological polar surface area (TPSA) is 82.1 Å².